The molecule has 0 radical (unpaired) electrons. The van der Waals surface area contributed by atoms with Crippen LogP contribution in [0.3, 0.4) is 0 Å². The van der Waals surface area contributed by atoms with Gasteiger partial charge in [-0.2, -0.15) is 0 Å². The van der Waals surface area contributed by atoms with E-state index in [9.17, 15) is 4.79 Å². The van der Waals surface area contributed by atoms with Gasteiger partial charge in [0.25, 0.3) is 6.47 Å². The molecule has 0 bridgehead atoms. The molecule has 1 aromatic carbocycles. The fourth-order valence-electron chi connectivity index (χ4n) is 2.35. The van der Waals surface area contributed by atoms with E-state index in [1.807, 2.05) is 31.2 Å². The lowest BCUT2D eigenvalue weighted by Gasteiger charge is -2.07. The second-order valence-electron chi connectivity index (χ2n) is 5.07. The average molecular weight is 326 g/mol. The van der Waals surface area contributed by atoms with Crippen LogP contribution in [0.2, 0.25) is 0 Å². The first-order chi connectivity index (χ1) is 11.6. The monoisotopic (exact) mass is 326 g/mol. The smallest absolute Gasteiger partial charge is 0.290 e. The molecule has 1 amide bonds. The van der Waals surface area contributed by atoms with Gasteiger partial charge in [0.05, 0.1) is 11.9 Å². The lowest BCUT2D eigenvalue weighted by molar-refractivity contribution is -0.123. The Hall–Kier alpha value is -3.22. The van der Waals surface area contributed by atoms with Crippen molar-refractivity contribution in [2.75, 3.05) is 7.05 Å². The maximum atomic E-state index is 11.5. The molecule has 2 heterocycles. The van der Waals surface area contributed by atoms with Crippen LogP contribution in [0.4, 0.5) is 0 Å². The Morgan fingerprint density at radius 1 is 1.38 bits per heavy atom. The number of imidazole rings is 1. The van der Waals surface area contributed by atoms with Crippen molar-refractivity contribution in [2.45, 2.75) is 13.3 Å². The van der Waals surface area contributed by atoms with Crippen molar-refractivity contribution in [1.29, 1.82) is 0 Å². The van der Waals surface area contributed by atoms with Crippen molar-refractivity contribution in [3.63, 3.8) is 0 Å². The van der Waals surface area contributed by atoms with Gasteiger partial charge >= 0.3 is 0 Å². The highest BCUT2D eigenvalue weighted by atomic mass is 16.3. The maximum Gasteiger partial charge on any atom is 0.290 e. The third-order valence-corrected chi connectivity index (χ3v) is 3.46. The summed E-state index contributed by atoms with van der Waals surface area (Å²) >= 11 is 0. The van der Waals surface area contributed by atoms with E-state index in [2.05, 4.69) is 20.3 Å². The molecule has 0 unspecified atom stereocenters. The second-order valence-corrected chi connectivity index (χ2v) is 5.07. The molecular weight excluding hydrogens is 308 g/mol. The molecule has 3 rings (SSSR count). The molecule has 124 valence electrons. The zero-order valence-electron chi connectivity index (χ0n) is 13.4. The Labute approximate surface area is 138 Å². The number of nitrogens with zero attached hydrogens (tertiary/aromatic N) is 2. The van der Waals surface area contributed by atoms with Gasteiger partial charge < -0.3 is 15.4 Å². The molecule has 0 spiro atoms. The Balaban J connectivity index is 0.000000647. The van der Waals surface area contributed by atoms with E-state index in [1.165, 1.54) is 0 Å². The molecule has 0 aliphatic carbocycles. The number of pyridine rings is 1. The number of rotatable bonds is 3. The number of benzene rings is 1. The van der Waals surface area contributed by atoms with Crippen molar-refractivity contribution < 1.29 is 14.7 Å². The molecule has 0 saturated carbocycles. The number of likely N-dealkylation sites (N-methyl/N-ethyl adjacent to an activating group) is 1. The molecular formula is C17H18N4O3. The van der Waals surface area contributed by atoms with Crippen LogP contribution in [0.1, 0.15) is 11.1 Å². The maximum absolute atomic E-state index is 11.5. The van der Waals surface area contributed by atoms with E-state index in [-0.39, 0.29) is 12.4 Å². The van der Waals surface area contributed by atoms with Crippen molar-refractivity contribution in [2.24, 2.45) is 0 Å². The highest BCUT2D eigenvalue weighted by molar-refractivity contribution is 5.86. The van der Waals surface area contributed by atoms with Gasteiger partial charge in [0.2, 0.25) is 5.91 Å². The predicted molar refractivity (Wildman–Crippen MR) is 90.5 cm³/mol. The van der Waals surface area contributed by atoms with E-state index in [1.54, 1.807) is 19.4 Å². The first-order valence-electron chi connectivity index (χ1n) is 7.27. The molecule has 0 saturated heterocycles. The lowest BCUT2D eigenvalue weighted by Crippen LogP contribution is -2.19. The largest absolute Gasteiger partial charge is 0.483 e. The highest BCUT2D eigenvalue weighted by Gasteiger charge is 2.08. The molecule has 7 heteroatoms. The quantitative estimate of drug-likeness (QED) is 0.637. The number of aromatic nitrogens is 3. The van der Waals surface area contributed by atoms with Crippen LogP contribution in [0.15, 0.2) is 36.7 Å². The van der Waals surface area contributed by atoms with Gasteiger partial charge in [0, 0.05) is 24.8 Å². The van der Waals surface area contributed by atoms with E-state index in [0.29, 0.717) is 6.42 Å². The van der Waals surface area contributed by atoms with Gasteiger partial charge in [-0.15, -0.1) is 0 Å². The zero-order chi connectivity index (χ0) is 17.5. The third-order valence-electron chi connectivity index (χ3n) is 3.46. The summed E-state index contributed by atoms with van der Waals surface area (Å²) in [6.07, 6.45) is 3.87. The number of H-pyrrole nitrogens is 1. The summed E-state index contributed by atoms with van der Waals surface area (Å²) in [5.74, 6) is 0.765. The summed E-state index contributed by atoms with van der Waals surface area (Å²) in [5, 5.41) is 10.6. The fraction of sp³-hybridized carbons (Fsp3) is 0.176. The van der Waals surface area contributed by atoms with Gasteiger partial charge in [-0.3, -0.25) is 9.59 Å². The average Bonchev–Trinajstić information content (AvgIpc) is 3.10. The molecule has 24 heavy (non-hydrogen) atoms. The SMILES string of the molecule is CNC(=O)Cc1ccc2nc(-c3ncc[nH]3)cc(C)c2c1.O=CO. The van der Waals surface area contributed by atoms with E-state index in [4.69, 9.17) is 9.90 Å². The number of fused-ring (bicyclic) bond motifs is 1. The zero-order valence-corrected chi connectivity index (χ0v) is 13.4. The topological polar surface area (TPSA) is 108 Å². The third kappa shape index (κ3) is 3.95. The van der Waals surface area contributed by atoms with Gasteiger partial charge in [0.15, 0.2) is 5.82 Å². The Bertz CT molecular complexity index is 844. The number of aryl methyl sites for hydroxylation is 1. The first-order valence-corrected chi connectivity index (χ1v) is 7.27. The normalized spacial score (nSPS) is 9.92. The standard InChI is InChI=1S/C16H16N4O.CH2O2/c1-10-7-14(16-18-5-6-19-16)20-13-4-3-11(8-12(10)13)9-15(21)17-2;2-1-3/h3-8H,9H2,1-2H3,(H,17,21)(H,18,19);1H,(H,2,3). The number of aromatic amines is 1. The molecule has 0 fully saturated rings. The van der Waals surface area contributed by atoms with Crippen LogP contribution in [0.5, 0.6) is 0 Å². The van der Waals surface area contributed by atoms with Crippen LogP contribution in [0, 0.1) is 6.92 Å². The van der Waals surface area contributed by atoms with Crippen molar-refractivity contribution in [3.05, 3.63) is 47.8 Å². The number of hydrogen-bond donors (Lipinski definition) is 3. The summed E-state index contributed by atoms with van der Waals surface area (Å²) in [7, 11) is 1.64. The number of hydrogen-bond acceptors (Lipinski definition) is 4. The molecule has 3 N–H and O–H groups in total. The Morgan fingerprint density at radius 2 is 2.12 bits per heavy atom. The Morgan fingerprint density at radius 3 is 2.75 bits per heavy atom. The number of carbonyl (C=O) groups is 2. The summed E-state index contributed by atoms with van der Waals surface area (Å²) in [5.41, 5.74) is 3.83. The van der Waals surface area contributed by atoms with Gasteiger partial charge in [-0.1, -0.05) is 6.07 Å². The predicted octanol–water partition coefficient (Wildman–Crippen LogP) is 1.92. The minimum Gasteiger partial charge on any atom is -0.483 e. The minimum atomic E-state index is -0.250. The molecule has 7 nitrogen and oxygen atoms in total. The molecule has 0 aliphatic rings. The number of carbonyl (C=O) groups excluding carboxylic acids is 1. The van der Waals surface area contributed by atoms with Crippen LogP contribution < -0.4 is 5.32 Å². The second kappa shape index (κ2) is 7.87. The van der Waals surface area contributed by atoms with Crippen LogP contribution in [-0.2, 0) is 16.0 Å². The summed E-state index contributed by atoms with van der Waals surface area (Å²) in [6.45, 7) is 1.79. The summed E-state index contributed by atoms with van der Waals surface area (Å²) in [4.78, 5) is 31.8. The number of carboxylic acid groups (broad SMARTS) is 1. The van der Waals surface area contributed by atoms with E-state index >= 15 is 0 Å². The van der Waals surface area contributed by atoms with Crippen molar-refractivity contribution >= 4 is 23.3 Å². The van der Waals surface area contributed by atoms with Gasteiger partial charge in [-0.05, 0) is 36.2 Å². The van der Waals surface area contributed by atoms with Gasteiger partial charge in [0.1, 0.15) is 5.69 Å². The molecule has 0 atom stereocenters. The molecule has 3 aromatic rings. The summed E-state index contributed by atoms with van der Waals surface area (Å²) in [6, 6.07) is 7.92. The van der Waals surface area contributed by atoms with E-state index < -0.39 is 0 Å². The van der Waals surface area contributed by atoms with Crippen molar-refractivity contribution in [1.82, 2.24) is 20.3 Å². The first kappa shape index (κ1) is 17.1. The molecule has 0 aliphatic heterocycles. The number of amides is 1. The lowest BCUT2D eigenvalue weighted by atomic mass is 10.0. The molecule has 2 aromatic heterocycles. The van der Waals surface area contributed by atoms with Crippen LogP contribution in [-0.4, -0.2) is 39.5 Å². The van der Waals surface area contributed by atoms with Crippen LogP contribution >= 0.6 is 0 Å². The van der Waals surface area contributed by atoms with Crippen LogP contribution in [0.25, 0.3) is 22.4 Å². The van der Waals surface area contributed by atoms with Crippen molar-refractivity contribution in [3.8, 4) is 11.5 Å². The Kier molecular flexibility index (Phi) is 5.62. The van der Waals surface area contributed by atoms with E-state index in [0.717, 1.165) is 33.5 Å². The van der Waals surface area contributed by atoms with Gasteiger partial charge in [-0.25, -0.2) is 9.97 Å². The minimum absolute atomic E-state index is 0.00664. The number of nitrogens with one attached hydrogen (secondary N) is 2. The highest BCUT2D eigenvalue weighted by Crippen LogP contribution is 2.23. The summed E-state index contributed by atoms with van der Waals surface area (Å²) < 4.78 is 0. The fourth-order valence-corrected chi connectivity index (χ4v) is 2.35.